The van der Waals surface area contributed by atoms with Crippen LogP contribution in [0, 0.1) is 0 Å². The normalized spacial score (nSPS) is 15.4. The Bertz CT molecular complexity index is 260. The number of carbonyl (C=O) groups excluding carboxylic acids is 2. The van der Waals surface area contributed by atoms with Crippen LogP contribution >= 0.6 is 0 Å². The van der Waals surface area contributed by atoms with Gasteiger partial charge in [0.15, 0.2) is 0 Å². The highest BCUT2D eigenvalue weighted by Crippen LogP contribution is 2.07. The van der Waals surface area contributed by atoms with Crippen LogP contribution in [-0.2, 0) is 19.1 Å². The molecule has 1 fully saturated rings. The molecular weight excluding hydrogens is 246 g/mol. The average molecular weight is 273 g/mol. The fraction of sp³-hybridized carbons (Fsp3) is 0.857. The molecule has 19 heavy (non-hydrogen) atoms. The monoisotopic (exact) mass is 273 g/mol. The van der Waals surface area contributed by atoms with Gasteiger partial charge in [-0.15, -0.1) is 0 Å². The molecule has 0 saturated carbocycles. The molecule has 1 aliphatic heterocycles. The SMILES string of the molecule is CC.CC(C)OC(=O)C(=O)OCCN1CCCCC1. The zero-order chi connectivity index (χ0) is 14.7. The lowest BCUT2D eigenvalue weighted by molar-refractivity contribution is -0.170. The average Bonchev–Trinajstić information content (AvgIpc) is 2.41. The summed E-state index contributed by atoms with van der Waals surface area (Å²) in [5, 5.41) is 0. The number of hydrogen-bond acceptors (Lipinski definition) is 5. The Balaban J connectivity index is 0.00000154. The highest BCUT2D eigenvalue weighted by molar-refractivity contribution is 6.29. The molecule has 0 N–H and O–H groups in total. The van der Waals surface area contributed by atoms with Gasteiger partial charge in [0, 0.05) is 6.54 Å². The largest absolute Gasteiger partial charge is 0.456 e. The van der Waals surface area contributed by atoms with Crippen molar-refractivity contribution in [3.63, 3.8) is 0 Å². The van der Waals surface area contributed by atoms with Gasteiger partial charge in [-0.3, -0.25) is 4.90 Å². The standard InChI is InChI=1S/C12H21NO4.C2H6/c1-10(2)17-12(15)11(14)16-9-8-13-6-4-3-5-7-13;1-2/h10H,3-9H2,1-2H3;1-2H3. The second-order valence-electron chi connectivity index (χ2n) is 4.49. The second kappa shape index (κ2) is 10.8. The van der Waals surface area contributed by atoms with Crippen LogP contribution in [-0.4, -0.2) is 49.2 Å². The van der Waals surface area contributed by atoms with E-state index in [1.54, 1.807) is 13.8 Å². The molecule has 112 valence electrons. The number of rotatable bonds is 4. The number of likely N-dealkylation sites (tertiary alicyclic amines) is 1. The van der Waals surface area contributed by atoms with Gasteiger partial charge in [0.05, 0.1) is 6.10 Å². The first-order chi connectivity index (χ1) is 9.09. The molecule has 5 nitrogen and oxygen atoms in total. The van der Waals surface area contributed by atoms with Crippen molar-refractivity contribution in [1.82, 2.24) is 4.90 Å². The molecule has 5 heteroatoms. The molecule has 0 atom stereocenters. The Kier molecular flexibility index (Phi) is 10.2. The summed E-state index contributed by atoms with van der Waals surface area (Å²) in [6, 6.07) is 0. The van der Waals surface area contributed by atoms with E-state index in [0.717, 1.165) is 13.1 Å². The molecule has 1 saturated heterocycles. The van der Waals surface area contributed by atoms with E-state index < -0.39 is 11.9 Å². The van der Waals surface area contributed by atoms with Crippen molar-refractivity contribution < 1.29 is 19.1 Å². The highest BCUT2D eigenvalue weighted by atomic mass is 16.6. The third kappa shape index (κ3) is 8.59. The van der Waals surface area contributed by atoms with Crippen molar-refractivity contribution in [2.75, 3.05) is 26.2 Å². The number of nitrogens with zero attached hydrogens (tertiary/aromatic N) is 1. The quantitative estimate of drug-likeness (QED) is 0.579. The van der Waals surface area contributed by atoms with Gasteiger partial charge in [0.2, 0.25) is 0 Å². The second-order valence-corrected chi connectivity index (χ2v) is 4.49. The van der Waals surface area contributed by atoms with E-state index in [4.69, 9.17) is 9.47 Å². The highest BCUT2D eigenvalue weighted by Gasteiger charge is 2.19. The van der Waals surface area contributed by atoms with Crippen molar-refractivity contribution in [2.45, 2.75) is 53.1 Å². The summed E-state index contributed by atoms with van der Waals surface area (Å²) in [5.41, 5.74) is 0. The molecule has 0 aliphatic carbocycles. The van der Waals surface area contributed by atoms with Crippen molar-refractivity contribution in [1.29, 1.82) is 0 Å². The predicted molar refractivity (Wildman–Crippen MR) is 73.8 cm³/mol. The van der Waals surface area contributed by atoms with E-state index in [0.29, 0.717) is 6.54 Å². The van der Waals surface area contributed by atoms with Gasteiger partial charge in [-0.25, -0.2) is 9.59 Å². The zero-order valence-electron chi connectivity index (χ0n) is 12.6. The van der Waals surface area contributed by atoms with Crippen LogP contribution in [0.1, 0.15) is 47.0 Å². The van der Waals surface area contributed by atoms with Crippen LogP contribution < -0.4 is 0 Å². The summed E-state index contributed by atoms with van der Waals surface area (Å²) >= 11 is 0. The molecule has 0 bridgehead atoms. The maximum atomic E-state index is 11.2. The van der Waals surface area contributed by atoms with Crippen LogP contribution in [0.4, 0.5) is 0 Å². The van der Waals surface area contributed by atoms with E-state index in [1.165, 1.54) is 19.3 Å². The minimum absolute atomic E-state index is 0.256. The molecule has 0 aromatic heterocycles. The third-order valence-corrected chi connectivity index (χ3v) is 2.60. The van der Waals surface area contributed by atoms with Crippen molar-refractivity contribution in [3.8, 4) is 0 Å². The summed E-state index contributed by atoms with van der Waals surface area (Å²) in [4.78, 5) is 24.6. The Morgan fingerprint density at radius 1 is 1.05 bits per heavy atom. The molecular formula is C14H27NO4. The van der Waals surface area contributed by atoms with Gasteiger partial charge in [0.1, 0.15) is 6.61 Å². The van der Waals surface area contributed by atoms with Crippen molar-refractivity contribution in [3.05, 3.63) is 0 Å². The molecule has 0 amide bonds. The van der Waals surface area contributed by atoms with Gasteiger partial charge in [0.25, 0.3) is 0 Å². The summed E-state index contributed by atoms with van der Waals surface area (Å²) in [6.07, 6.45) is 3.38. The van der Waals surface area contributed by atoms with Crippen LogP contribution in [0.3, 0.4) is 0 Å². The van der Waals surface area contributed by atoms with E-state index >= 15 is 0 Å². The topological polar surface area (TPSA) is 55.8 Å². The Morgan fingerprint density at radius 2 is 1.63 bits per heavy atom. The minimum Gasteiger partial charge on any atom is -0.456 e. The molecule has 1 rings (SSSR count). The maximum Gasteiger partial charge on any atom is 0.417 e. The zero-order valence-corrected chi connectivity index (χ0v) is 12.6. The van der Waals surface area contributed by atoms with Crippen molar-refractivity contribution >= 4 is 11.9 Å². The first kappa shape index (κ1) is 17.9. The predicted octanol–water partition coefficient (Wildman–Crippen LogP) is 1.99. The van der Waals surface area contributed by atoms with Crippen LogP contribution in [0.15, 0.2) is 0 Å². The fourth-order valence-corrected chi connectivity index (χ4v) is 1.77. The number of hydrogen-bond donors (Lipinski definition) is 0. The van der Waals surface area contributed by atoms with Crippen LogP contribution in [0.2, 0.25) is 0 Å². The third-order valence-electron chi connectivity index (χ3n) is 2.60. The van der Waals surface area contributed by atoms with E-state index in [-0.39, 0.29) is 12.7 Å². The number of piperidine rings is 1. The number of esters is 2. The Hall–Kier alpha value is -1.10. The lowest BCUT2D eigenvalue weighted by Crippen LogP contribution is -2.34. The Morgan fingerprint density at radius 3 is 2.16 bits per heavy atom. The molecule has 1 heterocycles. The van der Waals surface area contributed by atoms with Crippen molar-refractivity contribution in [2.24, 2.45) is 0 Å². The molecule has 0 spiro atoms. The number of carbonyl (C=O) groups is 2. The minimum atomic E-state index is -0.904. The lowest BCUT2D eigenvalue weighted by Gasteiger charge is -2.25. The summed E-state index contributed by atoms with van der Waals surface area (Å²) < 4.78 is 9.58. The molecule has 0 unspecified atom stereocenters. The van der Waals surface area contributed by atoms with Gasteiger partial charge in [-0.1, -0.05) is 20.3 Å². The molecule has 0 aromatic rings. The smallest absolute Gasteiger partial charge is 0.417 e. The number of ether oxygens (including phenoxy) is 2. The first-order valence-electron chi connectivity index (χ1n) is 7.19. The van der Waals surface area contributed by atoms with E-state index in [9.17, 15) is 9.59 Å². The molecule has 0 aromatic carbocycles. The van der Waals surface area contributed by atoms with E-state index in [1.807, 2.05) is 13.8 Å². The van der Waals surface area contributed by atoms with Crippen LogP contribution in [0.25, 0.3) is 0 Å². The molecule has 0 radical (unpaired) electrons. The summed E-state index contributed by atoms with van der Waals surface area (Å²) in [7, 11) is 0. The van der Waals surface area contributed by atoms with Gasteiger partial charge in [-0.05, 0) is 39.8 Å². The summed E-state index contributed by atoms with van der Waals surface area (Å²) in [6.45, 7) is 10.4. The lowest BCUT2D eigenvalue weighted by atomic mass is 10.1. The van der Waals surface area contributed by atoms with Gasteiger partial charge in [-0.2, -0.15) is 0 Å². The van der Waals surface area contributed by atoms with Gasteiger partial charge >= 0.3 is 11.9 Å². The molecule has 1 aliphatic rings. The first-order valence-corrected chi connectivity index (χ1v) is 7.19. The fourth-order valence-electron chi connectivity index (χ4n) is 1.77. The van der Waals surface area contributed by atoms with Crippen LogP contribution in [0.5, 0.6) is 0 Å². The van der Waals surface area contributed by atoms with Gasteiger partial charge < -0.3 is 9.47 Å². The maximum absolute atomic E-state index is 11.2. The summed E-state index contributed by atoms with van der Waals surface area (Å²) in [5.74, 6) is -1.80. The Labute approximate surface area is 116 Å². The van der Waals surface area contributed by atoms with E-state index in [2.05, 4.69) is 4.90 Å².